The second-order valence-electron chi connectivity index (χ2n) is 25.0. The van der Waals surface area contributed by atoms with Crippen molar-refractivity contribution in [1.29, 1.82) is 0 Å². The standard InChI is InChI=1S/C42H44N28O14/c71-29-43-1-44-16-18-48(30(44)72)4-52-20-22-56(34(52)76)8-60-24-26-64(38(60)80)12-68-28-27-67(41(68)83)11-63-25-23-59(37(63)79)7-55-21-19-51(33(55)75)3-47(29)17-15(43)45-2-46(16)32(74)50(18)6-54(20)36(78)58(22)10-62(24)40(82)66(26)14-70(28)42(84)69(27)13-65(25)39(81)61(23)9-57(21)35(77)53(19)5-49(17)31(45)73/h15-29,71H,1-14H2/t15-,16+,17+,18-,19-,20+,21+,22-,23-,24+,25+,26-,27-,28+,29?. The van der Waals surface area contributed by atoms with Crippen molar-refractivity contribution in [2.75, 3.05) is 93.4 Å². The van der Waals surface area contributed by atoms with Gasteiger partial charge in [-0.3, -0.25) is 127 Å². The molecule has 84 heavy (non-hydrogen) atoms. The minimum Gasteiger partial charge on any atom is -0.365 e. The maximum Gasteiger partial charge on any atom is 0.326 e. The van der Waals surface area contributed by atoms with Gasteiger partial charge in [-0.05, 0) is 0 Å². The Kier molecular flexibility index (Phi) is 6.78. The lowest BCUT2D eigenvalue weighted by Gasteiger charge is -2.44. The average molecular weight is 1160 g/mol. The molecule has 436 valence electrons. The van der Waals surface area contributed by atoms with Crippen LogP contribution < -0.4 is 0 Å². The number of amides is 26. The normalized spacial score (nSPS) is 41.6. The highest BCUT2D eigenvalue weighted by molar-refractivity contribution is 5.95. The van der Waals surface area contributed by atoms with Crippen LogP contribution in [0, 0.1) is 0 Å². The summed E-state index contributed by atoms with van der Waals surface area (Å²) in [7, 11) is 0. The highest BCUT2D eigenvalue weighted by Crippen LogP contribution is 2.52. The van der Waals surface area contributed by atoms with Crippen LogP contribution in [-0.2, 0) is 0 Å². The molecule has 0 aromatic rings. The van der Waals surface area contributed by atoms with Crippen LogP contribution in [0.15, 0.2) is 0 Å². The summed E-state index contributed by atoms with van der Waals surface area (Å²) in [4.78, 5) is 237. The molecule has 1 unspecified atom stereocenters. The lowest BCUT2D eigenvalue weighted by atomic mass is 10.3. The fourth-order valence-electron chi connectivity index (χ4n) is 18.8. The summed E-state index contributed by atoms with van der Waals surface area (Å²) >= 11 is 0. The number of rotatable bonds is 0. The first-order chi connectivity index (χ1) is 40.5. The second-order valence-corrected chi connectivity index (χ2v) is 25.0. The van der Waals surface area contributed by atoms with Crippen LogP contribution in [0.4, 0.5) is 62.3 Å². The Morgan fingerprint density at radius 3 is 0.381 bits per heavy atom. The molecule has 42 heteroatoms. The number of aliphatic hydroxyl groups excluding tert-OH is 1. The third-order valence-corrected chi connectivity index (χ3v) is 22.1. The SMILES string of the molecule is O=C1N2CN3C(=O)N4CN5C(=O)N6CN7C(=O)N8CN9C(=O)N%10CN%11C(=O)N%12CN%13C(=O)N%14CN1[C@H]1[C@@H]2N2CN%15C(=O)N(CN%16C(=O)N(CN%17C(=O)N(CN%18C(O)N(CN%19C(=O)N(CN%20C(=O)N(CN1C2=O)[C@H]%14[C@H]%13%20)[C@H]%12[C@H]%11%19)[C@H]%10[C@H]9%18)[C@H]8[C@H]7%17)[C@H]6[C@H]5%16)[C@H]4[C@H]3%15. The molecule has 0 radical (unpaired) electrons. The summed E-state index contributed by atoms with van der Waals surface area (Å²) in [6.45, 7) is -6.69. The molecular weight excluding hydrogens is 1120 g/mol. The summed E-state index contributed by atoms with van der Waals surface area (Å²) in [5, 5.41) is 12.7. The molecular formula is C42H44N28O14. The van der Waals surface area contributed by atoms with Crippen molar-refractivity contribution in [2.45, 2.75) is 92.7 Å². The van der Waals surface area contributed by atoms with Gasteiger partial charge in [0.25, 0.3) is 0 Å². The highest BCUT2D eigenvalue weighted by Gasteiger charge is 2.77. The van der Waals surface area contributed by atoms with Gasteiger partial charge in [-0.25, -0.2) is 72.1 Å². The van der Waals surface area contributed by atoms with Crippen LogP contribution in [0.1, 0.15) is 0 Å². The van der Waals surface area contributed by atoms with Crippen molar-refractivity contribution in [3.8, 4) is 0 Å². The van der Waals surface area contributed by atoms with E-state index in [0.29, 0.717) is 0 Å². The van der Waals surface area contributed by atoms with Crippen molar-refractivity contribution in [3.05, 3.63) is 0 Å². The molecule has 21 heterocycles. The van der Waals surface area contributed by atoms with Crippen LogP contribution in [0.2, 0.25) is 0 Å². The zero-order valence-corrected chi connectivity index (χ0v) is 43.3. The topological polar surface area (TPSA) is 333 Å². The highest BCUT2D eigenvalue weighted by atomic mass is 16.3. The van der Waals surface area contributed by atoms with Crippen LogP contribution >= 0.6 is 0 Å². The molecule has 0 aromatic heterocycles. The molecule has 1 N–H and O–H groups in total. The minimum absolute atomic E-state index is 0.407. The molecule has 15 atom stereocenters. The average Bonchev–Trinajstić information content (AvgIpc) is 1.62. The second kappa shape index (κ2) is 12.9. The van der Waals surface area contributed by atoms with Crippen LogP contribution in [0.5, 0.6) is 0 Å². The van der Waals surface area contributed by atoms with Gasteiger partial charge in [-0.2, -0.15) is 0 Å². The fourth-order valence-corrected chi connectivity index (χ4v) is 18.8. The van der Waals surface area contributed by atoms with E-state index in [1.54, 1.807) is 0 Å². The predicted octanol–water partition coefficient (Wildman–Crippen LogP) is -7.45. The molecule has 21 aliphatic heterocycles. The van der Waals surface area contributed by atoms with Gasteiger partial charge in [0.1, 0.15) is 92.4 Å². The smallest absolute Gasteiger partial charge is 0.326 e. The van der Waals surface area contributed by atoms with E-state index < -0.39 is 264 Å². The van der Waals surface area contributed by atoms with E-state index in [1.165, 1.54) is 137 Å². The predicted molar refractivity (Wildman–Crippen MR) is 249 cm³/mol. The van der Waals surface area contributed by atoms with Crippen molar-refractivity contribution < 1.29 is 67.4 Å². The maximum absolute atomic E-state index is 15.4. The lowest BCUT2D eigenvalue weighted by Crippen LogP contribution is -2.64. The van der Waals surface area contributed by atoms with E-state index in [9.17, 15) is 5.11 Å². The zero-order valence-electron chi connectivity index (χ0n) is 43.3. The maximum atomic E-state index is 15.4. The number of urea groups is 13. The molecule has 0 bridgehead atoms. The first-order valence-electron chi connectivity index (χ1n) is 27.7. The Bertz CT molecular complexity index is 3290. The largest absolute Gasteiger partial charge is 0.365 e. The molecule has 0 aliphatic carbocycles. The van der Waals surface area contributed by atoms with E-state index in [2.05, 4.69) is 0 Å². The lowest BCUT2D eigenvalue weighted by molar-refractivity contribution is -0.136. The number of carbonyl (C=O) groups excluding carboxylic acids is 13. The summed E-state index contributed by atoms with van der Waals surface area (Å²) in [6, 6.07) is -8.99. The van der Waals surface area contributed by atoms with Gasteiger partial charge in [-0.1, -0.05) is 0 Å². The van der Waals surface area contributed by atoms with Crippen LogP contribution in [0.25, 0.3) is 0 Å². The quantitative estimate of drug-likeness (QED) is 0.236. The van der Waals surface area contributed by atoms with Gasteiger partial charge in [0.05, 0.1) is 13.3 Å². The first kappa shape index (κ1) is 44.0. The molecule has 0 saturated carbocycles. The van der Waals surface area contributed by atoms with Gasteiger partial charge in [0, 0.05) is 0 Å². The Labute approximate surface area is 468 Å². The number of aliphatic hydroxyl groups is 1. The number of nitrogens with zero attached hydrogens (tertiary/aromatic N) is 28. The molecule has 0 aromatic carbocycles. The van der Waals surface area contributed by atoms with Gasteiger partial charge >= 0.3 is 78.4 Å². The number of carbonyl (C=O) groups is 13. The van der Waals surface area contributed by atoms with Crippen molar-refractivity contribution in [3.63, 3.8) is 0 Å². The van der Waals surface area contributed by atoms with E-state index in [-0.39, 0.29) is 0 Å². The summed E-state index contributed by atoms with van der Waals surface area (Å²) in [5.41, 5.74) is 0. The van der Waals surface area contributed by atoms with Gasteiger partial charge < -0.3 is 5.11 Å². The van der Waals surface area contributed by atoms with E-state index in [0.717, 1.165) is 0 Å². The van der Waals surface area contributed by atoms with Crippen molar-refractivity contribution >= 4 is 78.4 Å². The molecule has 21 fully saturated rings. The first-order valence-corrected chi connectivity index (χ1v) is 27.7. The third-order valence-electron chi connectivity index (χ3n) is 22.1. The van der Waals surface area contributed by atoms with Gasteiger partial charge in [0.2, 0.25) is 0 Å². The Balaban J connectivity index is 0.737. The van der Waals surface area contributed by atoms with Crippen LogP contribution in [0.3, 0.4) is 0 Å². The van der Waals surface area contributed by atoms with E-state index in [1.807, 2.05) is 0 Å². The molecule has 21 rings (SSSR count). The summed E-state index contributed by atoms with van der Waals surface area (Å²) < 4.78 is 0. The van der Waals surface area contributed by atoms with Gasteiger partial charge in [-0.15, -0.1) is 0 Å². The summed E-state index contributed by atoms with van der Waals surface area (Å²) in [6.07, 6.45) is -18.4. The molecule has 0 spiro atoms. The molecule has 21 saturated heterocycles. The van der Waals surface area contributed by atoms with Gasteiger partial charge in [0.15, 0.2) is 80.3 Å². The Hall–Kier alpha value is -9.61. The van der Waals surface area contributed by atoms with Crippen molar-refractivity contribution in [1.82, 2.24) is 137 Å². The monoisotopic (exact) mass is 1160 g/mol. The molecule has 26 amide bonds. The Morgan fingerprint density at radius 1 is 0.167 bits per heavy atom. The molecule has 42 nitrogen and oxygen atoms in total. The van der Waals surface area contributed by atoms with Crippen LogP contribution in [-0.4, -0.2) is 407 Å². The molecule has 21 aliphatic rings. The van der Waals surface area contributed by atoms with E-state index in [4.69, 9.17) is 0 Å². The van der Waals surface area contributed by atoms with E-state index >= 15 is 62.3 Å². The number of hydrogen-bond acceptors (Lipinski definition) is 16. The number of hydrogen-bond donors (Lipinski definition) is 1. The fraction of sp³-hybridized carbons (Fsp3) is 0.690. The summed E-state index contributed by atoms with van der Waals surface area (Å²) in [5.74, 6) is 0. The zero-order chi connectivity index (χ0) is 56.2. The van der Waals surface area contributed by atoms with Crippen molar-refractivity contribution in [2.24, 2.45) is 0 Å². The third kappa shape index (κ3) is 4.14. The minimum atomic E-state index is -1.64. The Morgan fingerprint density at radius 2 is 0.262 bits per heavy atom.